The van der Waals surface area contributed by atoms with Gasteiger partial charge in [-0.2, -0.15) is 0 Å². The molecule has 134 valence electrons. The van der Waals surface area contributed by atoms with Gasteiger partial charge in [0, 0.05) is 17.7 Å². The van der Waals surface area contributed by atoms with E-state index in [1.807, 2.05) is 24.3 Å². The number of nitrogens with one attached hydrogen (secondary N) is 3. The lowest BCUT2D eigenvalue weighted by molar-refractivity contribution is -0.129. The standard InChI is InChI=1S/C18H23N3O3S/c22-16(10-9-12-5-1-2-6-12)20-21-17(23)11-15-18(24)19-13-7-3-4-8-14(13)25-15/h3-4,7-8,12,15H,1-2,5-6,9-11H2,(H,19,24)(H,20,22)(H,21,23)/t15-/m0/s1. The van der Waals surface area contributed by atoms with Crippen LogP contribution in [0.4, 0.5) is 5.69 Å². The molecule has 1 atom stereocenters. The summed E-state index contributed by atoms with van der Waals surface area (Å²) in [4.78, 5) is 36.9. The van der Waals surface area contributed by atoms with E-state index in [4.69, 9.17) is 0 Å². The van der Waals surface area contributed by atoms with Crippen molar-refractivity contribution in [3.05, 3.63) is 24.3 Å². The minimum Gasteiger partial charge on any atom is -0.324 e. The van der Waals surface area contributed by atoms with Crippen LogP contribution in [-0.4, -0.2) is 23.0 Å². The van der Waals surface area contributed by atoms with Gasteiger partial charge in [-0.3, -0.25) is 25.2 Å². The summed E-state index contributed by atoms with van der Waals surface area (Å²) in [5, 5.41) is 2.31. The molecule has 1 aromatic rings. The van der Waals surface area contributed by atoms with Crippen molar-refractivity contribution in [2.75, 3.05) is 5.32 Å². The Labute approximate surface area is 151 Å². The zero-order valence-corrected chi connectivity index (χ0v) is 14.9. The van der Waals surface area contributed by atoms with Gasteiger partial charge in [0.15, 0.2) is 0 Å². The number of fused-ring (bicyclic) bond motifs is 1. The van der Waals surface area contributed by atoms with Crippen LogP contribution in [0.3, 0.4) is 0 Å². The number of carbonyl (C=O) groups excluding carboxylic acids is 3. The maximum atomic E-state index is 12.1. The summed E-state index contributed by atoms with van der Waals surface area (Å²) in [5.41, 5.74) is 5.64. The van der Waals surface area contributed by atoms with Crippen molar-refractivity contribution in [3.8, 4) is 0 Å². The maximum Gasteiger partial charge on any atom is 0.240 e. The van der Waals surface area contributed by atoms with Crippen LogP contribution < -0.4 is 16.2 Å². The predicted octanol–water partition coefficient (Wildman–Crippen LogP) is 2.61. The normalized spacial score (nSPS) is 19.8. The van der Waals surface area contributed by atoms with E-state index in [-0.39, 0.29) is 24.1 Å². The van der Waals surface area contributed by atoms with E-state index in [2.05, 4.69) is 16.2 Å². The van der Waals surface area contributed by atoms with Gasteiger partial charge in [0.1, 0.15) is 0 Å². The third kappa shape index (κ3) is 4.98. The Balaban J connectivity index is 1.40. The molecule has 1 heterocycles. The van der Waals surface area contributed by atoms with E-state index in [0.717, 1.165) is 17.0 Å². The molecule has 2 aliphatic rings. The smallest absolute Gasteiger partial charge is 0.240 e. The second kappa shape index (κ2) is 8.38. The molecule has 3 N–H and O–H groups in total. The molecule has 1 aliphatic carbocycles. The molecule has 3 amide bonds. The van der Waals surface area contributed by atoms with Crippen molar-refractivity contribution < 1.29 is 14.4 Å². The molecule has 3 rings (SSSR count). The van der Waals surface area contributed by atoms with Crippen molar-refractivity contribution in [2.45, 2.75) is 55.1 Å². The van der Waals surface area contributed by atoms with E-state index < -0.39 is 5.25 Å². The van der Waals surface area contributed by atoms with Gasteiger partial charge in [0.2, 0.25) is 17.7 Å². The molecule has 0 aromatic heterocycles. The summed E-state index contributed by atoms with van der Waals surface area (Å²) in [5.74, 6) is -0.0807. The molecule has 6 nitrogen and oxygen atoms in total. The fraction of sp³-hybridized carbons (Fsp3) is 0.500. The van der Waals surface area contributed by atoms with E-state index >= 15 is 0 Å². The van der Waals surface area contributed by atoms with Crippen LogP contribution in [0.2, 0.25) is 0 Å². The first kappa shape index (κ1) is 17.8. The van der Waals surface area contributed by atoms with Gasteiger partial charge in [-0.15, -0.1) is 11.8 Å². The Morgan fingerprint density at radius 1 is 1.12 bits per heavy atom. The first-order valence-corrected chi connectivity index (χ1v) is 9.64. The van der Waals surface area contributed by atoms with Crippen molar-refractivity contribution in [3.63, 3.8) is 0 Å². The number of para-hydroxylation sites is 1. The molecule has 0 radical (unpaired) electrons. The minimum absolute atomic E-state index is 0.0216. The van der Waals surface area contributed by atoms with Crippen LogP contribution in [0.15, 0.2) is 29.2 Å². The molecule has 1 fully saturated rings. The lowest BCUT2D eigenvalue weighted by Crippen LogP contribution is -2.44. The number of benzene rings is 1. The molecule has 25 heavy (non-hydrogen) atoms. The summed E-state index contributed by atoms with van der Waals surface area (Å²) in [6.07, 6.45) is 6.24. The highest BCUT2D eigenvalue weighted by molar-refractivity contribution is 8.01. The SMILES string of the molecule is O=C(CCC1CCCC1)NNC(=O)C[C@@H]1Sc2ccccc2NC1=O. The van der Waals surface area contributed by atoms with Gasteiger partial charge in [-0.05, 0) is 24.5 Å². The summed E-state index contributed by atoms with van der Waals surface area (Å²) in [7, 11) is 0. The van der Waals surface area contributed by atoms with Crippen molar-refractivity contribution in [1.82, 2.24) is 10.9 Å². The van der Waals surface area contributed by atoms with Gasteiger partial charge >= 0.3 is 0 Å². The average molecular weight is 361 g/mol. The summed E-state index contributed by atoms with van der Waals surface area (Å²) >= 11 is 1.37. The molecule has 0 saturated heterocycles. The molecular formula is C18H23N3O3S. The maximum absolute atomic E-state index is 12.1. The molecule has 0 bridgehead atoms. The highest BCUT2D eigenvalue weighted by Gasteiger charge is 2.28. The number of anilines is 1. The Bertz CT molecular complexity index is 659. The van der Waals surface area contributed by atoms with Crippen LogP contribution in [0, 0.1) is 5.92 Å². The molecule has 7 heteroatoms. The fourth-order valence-corrected chi connectivity index (χ4v) is 4.39. The number of hydrazine groups is 1. The second-order valence-corrected chi connectivity index (χ2v) is 7.83. The van der Waals surface area contributed by atoms with Crippen LogP contribution in [0.5, 0.6) is 0 Å². The number of hydrogen-bond acceptors (Lipinski definition) is 4. The van der Waals surface area contributed by atoms with Crippen molar-refractivity contribution in [1.29, 1.82) is 0 Å². The molecule has 1 aromatic carbocycles. The highest BCUT2D eigenvalue weighted by atomic mass is 32.2. The summed E-state index contributed by atoms with van der Waals surface area (Å²) in [6, 6.07) is 7.50. The van der Waals surface area contributed by atoms with Crippen LogP contribution in [-0.2, 0) is 14.4 Å². The average Bonchev–Trinajstić information content (AvgIpc) is 3.12. The van der Waals surface area contributed by atoms with E-state index in [1.165, 1.54) is 37.4 Å². The van der Waals surface area contributed by atoms with Crippen LogP contribution in [0.1, 0.15) is 44.9 Å². The quantitative estimate of drug-likeness (QED) is 0.704. The molecule has 1 aliphatic heterocycles. The molecular weight excluding hydrogens is 338 g/mol. The number of rotatable bonds is 5. The third-order valence-corrected chi connectivity index (χ3v) is 5.95. The van der Waals surface area contributed by atoms with E-state index in [9.17, 15) is 14.4 Å². The Hall–Kier alpha value is -2.02. The van der Waals surface area contributed by atoms with Crippen molar-refractivity contribution >= 4 is 35.2 Å². The fourth-order valence-electron chi connectivity index (χ4n) is 3.28. The number of thioether (sulfide) groups is 1. The van der Waals surface area contributed by atoms with Gasteiger partial charge in [0.25, 0.3) is 0 Å². The lowest BCUT2D eigenvalue weighted by Gasteiger charge is -2.23. The number of amides is 3. The van der Waals surface area contributed by atoms with E-state index in [0.29, 0.717) is 12.3 Å². The highest BCUT2D eigenvalue weighted by Crippen LogP contribution is 2.36. The molecule has 0 spiro atoms. The van der Waals surface area contributed by atoms with Crippen LogP contribution in [0.25, 0.3) is 0 Å². The topological polar surface area (TPSA) is 87.3 Å². The van der Waals surface area contributed by atoms with Crippen LogP contribution >= 0.6 is 11.8 Å². The zero-order chi connectivity index (χ0) is 17.6. The first-order valence-electron chi connectivity index (χ1n) is 8.76. The van der Waals surface area contributed by atoms with Gasteiger partial charge < -0.3 is 5.32 Å². The monoisotopic (exact) mass is 361 g/mol. The molecule has 0 unspecified atom stereocenters. The molecule has 1 saturated carbocycles. The lowest BCUT2D eigenvalue weighted by atomic mass is 10.0. The minimum atomic E-state index is -0.495. The largest absolute Gasteiger partial charge is 0.324 e. The number of hydrogen-bond donors (Lipinski definition) is 3. The Kier molecular flexibility index (Phi) is 5.96. The van der Waals surface area contributed by atoms with Gasteiger partial charge in [0.05, 0.1) is 10.9 Å². The Morgan fingerprint density at radius 2 is 1.84 bits per heavy atom. The zero-order valence-electron chi connectivity index (χ0n) is 14.0. The van der Waals surface area contributed by atoms with Crippen molar-refractivity contribution in [2.24, 2.45) is 5.92 Å². The summed E-state index contributed by atoms with van der Waals surface area (Å²) < 4.78 is 0. The number of carbonyl (C=O) groups is 3. The van der Waals surface area contributed by atoms with Gasteiger partial charge in [-0.1, -0.05) is 37.8 Å². The third-order valence-electron chi connectivity index (χ3n) is 4.67. The predicted molar refractivity (Wildman–Crippen MR) is 96.8 cm³/mol. The Morgan fingerprint density at radius 3 is 2.64 bits per heavy atom. The summed E-state index contributed by atoms with van der Waals surface area (Å²) in [6.45, 7) is 0. The van der Waals surface area contributed by atoms with Gasteiger partial charge in [-0.25, -0.2) is 0 Å². The second-order valence-electron chi connectivity index (χ2n) is 6.58. The first-order chi connectivity index (χ1) is 12.1. The van der Waals surface area contributed by atoms with E-state index in [1.54, 1.807) is 0 Å².